The Bertz CT molecular complexity index is 1370. The first kappa shape index (κ1) is 24.0. The Morgan fingerprint density at radius 2 is 1.80 bits per heavy atom. The third-order valence-electron chi connectivity index (χ3n) is 6.44. The van der Waals surface area contributed by atoms with Gasteiger partial charge in [0.2, 0.25) is 0 Å². The van der Waals surface area contributed by atoms with Gasteiger partial charge in [-0.3, -0.25) is 14.4 Å². The number of pyridine rings is 2. The van der Waals surface area contributed by atoms with Crippen LogP contribution in [0, 0.1) is 17.3 Å². The number of carbonyl (C=O) groups excluding carboxylic acids is 1. The lowest BCUT2D eigenvalue weighted by Gasteiger charge is -2.32. The highest BCUT2D eigenvalue weighted by Crippen LogP contribution is 2.42. The van der Waals surface area contributed by atoms with E-state index in [0.29, 0.717) is 5.69 Å². The molecule has 0 unspecified atom stereocenters. The van der Waals surface area contributed by atoms with E-state index in [1.165, 1.54) is 31.3 Å². The number of nitrogens with one attached hydrogen (secondary N) is 2. The Morgan fingerprint density at radius 1 is 1.09 bits per heavy atom. The Hall–Kier alpha value is -4.19. The minimum absolute atomic E-state index is 0.0194. The van der Waals surface area contributed by atoms with Gasteiger partial charge in [0.1, 0.15) is 17.1 Å². The number of rotatable bonds is 6. The van der Waals surface area contributed by atoms with Crippen molar-refractivity contribution in [3.63, 3.8) is 0 Å². The normalized spacial score (nSPS) is 15.2. The first-order valence-electron chi connectivity index (χ1n) is 11.4. The molecule has 1 aliphatic rings. The highest BCUT2D eigenvalue weighted by atomic mass is 16.3. The number of amides is 1. The minimum Gasteiger partial charge on any atom is -0.504 e. The Morgan fingerprint density at radius 3 is 2.46 bits per heavy atom. The summed E-state index contributed by atoms with van der Waals surface area (Å²) in [5, 5.41) is 16.6. The van der Waals surface area contributed by atoms with Crippen LogP contribution in [0.5, 0.6) is 5.75 Å². The van der Waals surface area contributed by atoms with E-state index < -0.39 is 28.6 Å². The predicted molar refractivity (Wildman–Crippen MR) is 134 cm³/mol. The average Bonchev–Trinajstić information content (AvgIpc) is 3.31. The zero-order chi connectivity index (χ0) is 25.2. The monoisotopic (exact) mass is 473 g/mol. The van der Waals surface area contributed by atoms with E-state index in [1.807, 2.05) is 18.2 Å². The van der Waals surface area contributed by atoms with Crippen LogP contribution >= 0.6 is 0 Å². The van der Waals surface area contributed by atoms with Crippen molar-refractivity contribution in [2.24, 2.45) is 5.41 Å². The average molecular weight is 474 g/mol. The second kappa shape index (κ2) is 9.58. The second-order valence-electron chi connectivity index (χ2n) is 9.21. The molecule has 9 nitrogen and oxygen atoms in total. The highest BCUT2D eigenvalue weighted by molar-refractivity contribution is 5.97. The van der Waals surface area contributed by atoms with Gasteiger partial charge < -0.3 is 20.6 Å². The van der Waals surface area contributed by atoms with Crippen LogP contribution in [-0.4, -0.2) is 46.0 Å². The molecule has 2 heterocycles. The molecular weight excluding hydrogens is 446 g/mol. The van der Waals surface area contributed by atoms with Crippen LogP contribution in [0.3, 0.4) is 0 Å². The smallest absolute Gasteiger partial charge is 0.275 e. The number of anilines is 3. The van der Waals surface area contributed by atoms with Gasteiger partial charge in [-0.05, 0) is 42.4 Å². The van der Waals surface area contributed by atoms with Gasteiger partial charge in [0, 0.05) is 26.5 Å². The van der Waals surface area contributed by atoms with Crippen LogP contribution < -0.4 is 21.5 Å². The molecule has 0 spiro atoms. The summed E-state index contributed by atoms with van der Waals surface area (Å²) in [7, 11) is 3.08. The van der Waals surface area contributed by atoms with Gasteiger partial charge in [0.05, 0.1) is 11.7 Å². The number of aromatic nitrogens is 2. The molecule has 1 saturated carbocycles. The summed E-state index contributed by atoms with van der Waals surface area (Å²) in [6.07, 6.45) is 6.99. The Labute approximate surface area is 202 Å². The first-order chi connectivity index (χ1) is 16.7. The molecule has 1 atom stereocenters. The molecule has 3 aromatic rings. The van der Waals surface area contributed by atoms with E-state index in [-0.39, 0.29) is 28.2 Å². The molecule has 0 saturated heterocycles. The quantitative estimate of drug-likeness (QED) is 0.369. The molecule has 1 aliphatic carbocycles. The predicted octanol–water partition coefficient (Wildman–Crippen LogP) is 2.64. The third kappa shape index (κ3) is 4.73. The molecule has 3 N–H and O–H groups in total. The zero-order valence-corrected chi connectivity index (χ0v) is 19.9. The number of hydrogen-bond donors (Lipinski definition) is 3. The van der Waals surface area contributed by atoms with Gasteiger partial charge in [-0.2, -0.15) is 0 Å². The van der Waals surface area contributed by atoms with E-state index in [2.05, 4.69) is 39.4 Å². The molecule has 1 aromatic carbocycles. The summed E-state index contributed by atoms with van der Waals surface area (Å²) >= 11 is 0. The molecule has 0 radical (unpaired) electrons. The van der Waals surface area contributed by atoms with Gasteiger partial charge >= 0.3 is 0 Å². The van der Waals surface area contributed by atoms with Crippen molar-refractivity contribution in [1.82, 2.24) is 14.9 Å². The van der Waals surface area contributed by atoms with E-state index in [9.17, 15) is 19.5 Å². The third-order valence-corrected chi connectivity index (χ3v) is 6.44. The summed E-state index contributed by atoms with van der Waals surface area (Å²) < 4.78 is 0. The Kier molecular flexibility index (Phi) is 6.56. The standard InChI is InChI=1S/C26H27N5O4/c1-26(12-5-6-13-26)18(10-9-16-8-4-7-14-27-16)30-20-19(23(33)24(20)34)29-17-11-15-28-21(22(17)32)25(35)31(2)3/h4,7-8,11,14-15,18,30,32H,5-6,12-13H2,1-3H3,(H,28,29)/t18-/m0/s1. The van der Waals surface area contributed by atoms with Crippen LogP contribution in [0.2, 0.25) is 0 Å². The van der Waals surface area contributed by atoms with Crippen LogP contribution in [0.15, 0.2) is 46.2 Å². The van der Waals surface area contributed by atoms with Gasteiger partial charge in [-0.1, -0.05) is 31.8 Å². The maximum atomic E-state index is 12.5. The molecule has 1 fully saturated rings. The fraction of sp³-hybridized carbons (Fsp3) is 0.346. The topological polar surface area (TPSA) is 125 Å². The summed E-state index contributed by atoms with van der Waals surface area (Å²) in [4.78, 5) is 46.7. The fourth-order valence-electron chi connectivity index (χ4n) is 4.29. The molecule has 2 aromatic heterocycles. The van der Waals surface area contributed by atoms with Crippen LogP contribution in [0.4, 0.5) is 17.1 Å². The van der Waals surface area contributed by atoms with Gasteiger partial charge in [0.25, 0.3) is 16.8 Å². The van der Waals surface area contributed by atoms with Crippen LogP contribution in [-0.2, 0) is 0 Å². The largest absolute Gasteiger partial charge is 0.504 e. The van der Waals surface area contributed by atoms with Crippen molar-refractivity contribution in [3.8, 4) is 17.6 Å². The molecular formula is C26H27N5O4. The van der Waals surface area contributed by atoms with E-state index in [1.54, 1.807) is 6.20 Å². The molecule has 35 heavy (non-hydrogen) atoms. The summed E-state index contributed by atoms with van der Waals surface area (Å²) in [5.74, 6) is 5.41. The Balaban J connectivity index is 1.66. The molecule has 180 valence electrons. The van der Waals surface area contributed by atoms with Crippen LogP contribution in [0.25, 0.3) is 0 Å². The zero-order valence-electron chi connectivity index (χ0n) is 19.9. The lowest BCUT2D eigenvalue weighted by atomic mass is 9.80. The van der Waals surface area contributed by atoms with Gasteiger partial charge in [-0.15, -0.1) is 0 Å². The van der Waals surface area contributed by atoms with Gasteiger partial charge in [0.15, 0.2) is 11.4 Å². The maximum Gasteiger partial charge on any atom is 0.275 e. The van der Waals surface area contributed by atoms with Crippen molar-refractivity contribution in [2.45, 2.75) is 38.6 Å². The lowest BCUT2D eigenvalue weighted by molar-refractivity contribution is 0.0819. The lowest BCUT2D eigenvalue weighted by Crippen LogP contribution is -2.43. The summed E-state index contributed by atoms with van der Waals surface area (Å²) in [6, 6.07) is 6.51. The molecule has 1 amide bonds. The van der Waals surface area contributed by atoms with Crippen molar-refractivity contribution >= 4 is 23.0 Å². The number of nitrogens with zero attached hydrogens (tertiary/aromatic N) is 3. The minimum atomic E-state index is -0.711. The van der Waals surface area contributed by atoms with Crippen molar-refractivity contribution < 1.29 is 9.90 Å². The molecule has 4 rings (SSSR count). The van der Waals surface area contributed by atoms with E-state index >= 15 is 0 Å². The summed E-state index contributed by atoms with van der Waals surface area (Å²) in [5.41, 5.74) is -0.873. The first-order valence-corrected chi connectivity index (χ1v) is 11.4. The fourth-order valence-corrected chi connectivity index (χ4v) is 4.29. The van der Waals surface area contributed by atoms with Crippen molar-refractivity contribution in [2.75, 3.05) is 24.7 Å². The highest BCUT2D eigenvalue weighted by Gasteiger charge is 2.38. The molecule has 0 aliphatic heterocycles. The number of hydrogen-bond acceptors (Lipinski definition) is 8. The number of aromatic hydroxyl groups is 1. The second-order valence-corrected chi connectivity index (χ2v) is 9.21. The molecule has 0 bridgehead atoms. The SMILES string of the molecule is CN(C)C(=O)c1nccc(Nc2c(N[C@@H](C#Cc3ccccn3)C3(C)CCCC3)c(=O)c2=O)c1O. The van der Waals surface area contributed by atoms with Crippen molar-refractivity contribution in [3.05, 3.63) is 68.5 Å². The van der Waals surface area contributed by atoms with E-state index in [4.69, 9.17) is 0 Å². The summed E-state index contributed by atoms with van der Waals surface area (Å²) in [6.45, 7) is 2.12. The van der Waals surface area contributed by atoms with E-state index in [0.717, 1.165) is 25.7 Å². The van der Waals surface area contributed by atoms with Crippen molar-refractivity contribution in [1.29, 1.82) is 0 Å². The molecule has 9 heteroatoms. The van der Waals surface area contributed by atoms with Gasteiger partial charge in [-0.25, -0.2) is 9.97 Å². The maximum absolute atomic E-state index is 12.5. The number of carbonyl (C=O) groups is 1. The van der Waals surface area contributed by atoms with Crippen LogP contribution in [0.1, 0.15) is 48.8 Å².